The van der Waals surface area contributed by atoms with Gasteiger partial charge in [0.2, 0.25) is 11.3 Å². The maximum Gasteiger partial charge on any atom is 0.241 e. The van der Waals surface area contributed by atoms with Crippen molar-refractivity contribution >= 4 is 16.8 Å². The van der Waals surface area contributed by atoms with E-state index in [4.69, 9.17) is 4.42 Å². The number of likely N-dealkylation sites (tertiary alicyclic amines) is 1. The minimum absolute atomic E-state index is 0.0326. The summed E-state index contributed by atoms with van der Waals surface area (Å²) in [5, 5.41) is 7.67. The number of carbonyl (C=O) groups is 1. The number of carbonyl (C=O) groups excluding carboxylic acids is 1. The van der Waals surface area contributed by atoms with Crippen LogP contribution in [-0.4, -0.2) is 40.2 Å². The van der Waals surface area contributed by atoms with Gasteiger partial charge in [-0.2, -0.15) is 5.10 Å². The monoisotopic (exact) mass is 366 g/mol. The molecule has 0 spiro atoms. The van der Waals surface area contributed by atoms with Gasteiger partial charge in [0.15, 0.2) is 0 Å². The molecule has 1 unspecified atom stereocenters. The van der Waals surface area contributed by atoms with Crippen molar-refractivity contribution in [2.45, 2.75) is 25.4 Å². The van der Waals surface area contributed by atoms with Crippen LogP contribution in [0.4, 0.5) is 0 Å². The molecule has 0 radical (unpaired) electrons. The second kappa shape index (κ2) is 7.75. The quantitative estimate of drug-likeness (QED) is 0.721. The van der Waals surface area contributed by atoms with Gasteiger partial charge in [-0.3, -0.25) is 19.2 Å². The summed E-state index contributed by atoms with van der Waals surface area (Å²) in [4.78, 5) is 26.8. The number of para-hydroxylation sites is 1. The Morgan fingerprint density at radius 1 is 1.19 bits per heavy atom. The molecule has 0 aliphatic carbocycles. The van der Waals surface area contributed by atoms with Gasteiger partial charge in [0.25, 0.3) is 0 Å². The van der Waals surface area contributed by atoms with E-state index < -0.39 is 0 Å². The van der Waals surface area contributed by atoms with Crippen molar-refractivity contribution in [3.63, 3.8) is 0 Å². The molecule has 1 saturated heterocycles. The van der Waals surface area contributed by atoms with E-state index in [0.717, 1.165) is 18.8 Å². The number of hydrogen-bond donors (Lipinski definition) is 1. The van der Waals surface area contributed by atoms with Crippen molar-refractivity contribution in [1.29, 1.82) is 0 Å². The van der Waals surface area contributed by atoms with Crippen molar-refractivity contribution in [2.24, 2.45) is 0 Å². The molecule has 1 aromatic carbocycles. The Balaban J connectivity index is 1.46. The molecule has 0 bridgehead atoms. The summed E-state index contributed by atoms with van der Waals surface area (Å²) in [5.41, 5.74) is 0.511. The van der Waals surface area contributed by atoms with Crippen molar-refractivity contribution in [3.05, 3.63) is 64.8 Å². The van der Waals surface area contributed by atoms with Crippen LogP contribution in [0.15, 0.2) is 58.1 Å². The van der Waals surface area contributed by atoms with E-state index in [9.17, 15) is 9.59 Å². The van der Waals surface area contributed by atoms with Crippen LogP contribution in [0.1, 0.15) is 24.6 Å². The lowest BCUT2D eigenvalue weighted by Gasteiger charge is -2.26. The Hall–Kier alpha value is -2.93. The maximum absolute atomic E-state index is 12.5. The molecule has 0 saturated carbocycles. The molecule has 4 rings (SSSR count). The number of fused-ring (bicyclic) bond motifs is 1. The van der Waals surface area contributed by atoms with Gasteiger partial charge in [-0.15, -0.1) is 0 Å². The number of furan rings is 1. The minimum Gasteiger partial charge on any atom is -0.468 e. The van der Waals surface area contributed by atoms with E-state index in [1.165, 1.54) is 19.0 Å². The molecule has 1 atom stereocenters. The molecule has 140 valence electrons. The molecule has 1 N–H and O–H groups in total. The van der Waals surface area contributed by atoms with Crippen LogP contribution in [0.3, 0.4) is 0 Å². The van der Waals surface area contributed by atoms with Gasteiger partial charge in [-0.05, 0) is 50.2 Å². The molecule has 2 aromatic heterocycles. The number of benzene rings is 1. The standard InChI is InChI=1S/C20H22N4O3/c25-18-13-22-24(16-7-2-1-6-15(16)18)14-20(26)21-12-17(19-8-5-11-27-19)23-9-3-4-10-23/h1-2,5-8,11,13,17H,3-4,9-10,12,14H2,(H,21,26). The normalized spacial score (nSPS) is 15.9. The van der Waals surface area contributed by atoms with Crippen molar-refractivity contribution in [3.8, 4) is 0 Å². The van der Waals surface area contributed by atoms with Crippen LogP contribution in [0.2, 0.25) is 0 Å². The average molecular weight is 366 g/mol. The molecule has 27 heavy (non-hydrogen) atoms. The zero-order valence-electron chi connectivity index (χ0n) is 15.0. The first kappa shape index (κ1) is 17.5. The summed E-state index contributed by atoms with van der Waals surface area (Å²) in [6.45, 7) is 2.55. The second-order valence-corrected chi connectivity index (χ2v) is 6.76. The predicted octanol–water partition coefficient (Wildman–Crippen LogP) is 1.94. The molecule has 1 amide bonds. The van der Waals surface area contributed by atoms with Crippen LogP contribution < -0.4 is 10.7 Å². The third kappa shape index (κ3) is 3.78. The zero-order valence-corrected chi connectivity index (χ0v) is 15.0. The van der Waals surface area contributed by atoms with E-state index in [1.807, 2.05) is 18.2 Å². The van der Waals surface area contributed by atoms with Gasteiger partial charge in [0.05, 0.1) is 24.0 Å². The Labute approximate surface area is 156 Å². The first-order valence-electron chi connectivity index (χ1n) is 9.21. The molecule has 1 aliphatic rings. The molecule has 1 fully saturated rings. The van der Waals surface area contributed by atoms with Crippen LogP contribution in [0.25, 0.3) is 10.9 Å². The van der Waals surface area contributed by atoms with Gasteiger partial charge in [0, 0.05) is 11.9 Å². The number of amides is 1. The molecule has 1 aliphatic heterocycles. The Morgan fingerprint density at radius 3 is 2.78 bits per heavy atom. The van der Waals surface area contributed by atoms with E-state index in [2.05, 4.69) is 15.3 Å². The van der Waals surface area contributed by atoms with Gasteiger partial charge >= 0.3 is 0 Å². The third-order valence-corrected chi connectivity index (χ3v) is 5.00. The molecule has 7 heteroatoms. The van der Waals surface area contributed by atoms with Gasteiger partial charge in [0.1, 0.15) is 12.3 Å². The number of rotatable bonds is 6. The van der Waals surface area contributed by atoms with Crippen molar-refractivity contribution in [2.75, 3.05) is 19.6 Å². The average Bonchev–Trinajstić information content (AvgIpc) is 3.39. The lowest BCUT2D eigenvalue weighted by molar-refractivity contribution is -0.122. The maximum atomic E-state index is 12.5. The summed E-state index contributed by atoms with van der Waals surface area (Å²) < 4.78 is 7.14. The Morgan fingerprint density at radius 2 is 2.00 bits per heavy atom. The number of nitrogens with zero attached hydrogens (tertiary/aromatic N) is 3. The lowest BCUT2D eigenvalue weighted by atomic mass is 10.2. The van der Waals surface area contributed by atoms with Crippen molar-refractivity contribution < 1.29 is 9.21 Å². The fraction of sp³-hybridized carbons (Fsp3) is 0.350. The largest absolute Gasteiger partial charge is 0.468 e. The molecule has 3 heterocycles. The number of aromatic nitrogens is 2. The highest BCUT2D eigenvalue weighted by Gasteiger charge is 2.26. The topological polar surface area (TPSA) is 80.4 Å². The lowest BCUT2D eigenvalue weighted by Crippen LogP contribution is -2.38. The highest BCUT2D eigenvalue weighted by molar-refractivity contribution is 5.81. The van der Waals surface area contributed by atoms with Crippen LogP contribution in [0.5, 0.6) is 0 Å². The highest BCUT2D eigenvalue weighted by Crippen LogP contribution is 2.24. The summed E-state index contributed by atoms with van der Waals surface area (Å²) >= 11 is 0. The summed E-state index contributed by atoms with van der Waals surface area (Å²) in [7, 11) is 0. The van der Waals surface area contributed by atoms with Gasteiger partial charge < -0.3 is 9.73 Å². The highest BCUT2D eigenvalue weighted by atomic mass is 16.3. The summed E-state index contributed by atoms with van der Waals surface area (Å²) in [5.74, 6) is 0.719. The third-order valence-electron chi connectivity index (χ3n) is 5.00. The summed E-state index contributed by atoms with van der Waals surface area (Å²) in [6, 6.07) is 11.0. The fourth-order valence-electron chi connectivity index (χ4n) is 3.63. The van der Waals surface area contributed by atoms with Gasteiger partial charge in [-0.25, -0.2) is 0 Å². The first-order valence-corrected chi connectivity index (χ1v) is 9.21. The number of hydrogen-bond acceptors (Lipinski definition) is 5. The molecule has 3 aromatic rings. The predicted molar refractivity (Wildman–Crippen MR) is 101 cm³/mol. The fourth-order valence-corrected chi connectivity index (χ4v) is 3.63. The number of nitrogens with one attached hydrogen (secondary N) is 1. The van der Waals surface area contributed by atoms with Crippen molar-refractivity contribution in [1.82, 2.24) is 20.0 Å². The van der Waals surface area contributed by atoms with Crippen LogP contribution >= 0.6 is 0 Å². The van der Waals surface area contributed by atoms with Crippen LogP contribution in [0, 0.1) is 0 Å². The first-order chi connectivity index (χ1) is 13.2. The Bertz CT molecular complexity index is 974. The zero-order chi connectivity index (χ0) is 18.6. The van der Waals surface area contributed by atoms with E-state index in [0.29, 0.717) is 17.4 Å². The summed E-state index contributed by atoms with van der Waals surface area (Å²) in [6.07, 6.45) is 5.25. The second-order valence-electron chi connectivity index (χ2n) is 6.76. The SMILES string of the molecule is O=C(Cn1ncc(=O)c2ccccc21)NCC(c1ccco1)N1CCCC1. The van der Waals surface area contributed by atoms with Gasteiger partial charge in [-0.1, -0.05) is 12.1 Å². The van der Waals surface area contributed by atoms with E-state index in [-0.39, 0.29) is 23.9 Å². The van der Waals surface area contributed by atoms with Crippen LogP contribution in [-0.2, 0) is 11.3 Å². The van der Waals surface area contributed by atoms with E-state index in [1.54, 1.807) is 29.1 Å². The Kier molecular flexibility index (Phi) is 5.02. The van der Waals surface area contributed by atoms with E-state index >= 15 is 0 Å². The smallest absolute Gasteiger partial charge is 0.241 e. The minimum atomic E-state index is -0.146. The molecular weight excluding hydrogens is 344 g/mol. The molecule has 7 nitrogen and oxygen atoms in total. The molecular formula is C20H22N4O3.